The summed E-state index contributed by atoms with van der Waals surface area (Å²) in [7, 11) is 0. The average Bonchev–Trinajstić information content (AvgIpc) is 3.32. The predicted molar refractivity (Wildman–Crippen MR) is 102 cm³/mol. The van der Waals surface area contributed by atoms with Crippen molar-refractivity contribution in [3.63, 3.8) is 0 Å². The second-order valence-electron chi connectivity index (χ2n) is 6.15. The zero-order chi connectivity index (χ0) is 18.6. The molecule has 0 saturated carbocycles. The number of rotatable bonds is 6. The molecule has 2 aromatic heterocycles. The molecule has 2 heterocycles. The van der Waals surface area contributed by atoms with Crippen molar-refractivity contribution < 1.29 is 4.52 Å². The number of hydrogen-bond donors (Lipinski definition) is 0. The van der Waals surface area contributed by atoms with Crippen LogP contribution in [0.1, 0.15) is 28.4 Å². The molecule has 0 unspecified atom stereocenters. The Morgan fingerprint density at radius 3 is 2.74 bits per heavy atom. The first-order valence-electron chi connectivity index (χ1n) is 8.54. The fourth-order valence-electron chi connectivity index (χ4n) is 2.71. The molecule has 27 heavy (non-hydrogen) atoms. The predicted octanol–water partition coefficient (Wildman–Crippen LogP) is 3.55. The highest BCUT2D eigenvalue weighted by Gasteiger charge is 2.14. The van der Waals surface area contributed by atoms with Crippen molar-refractivity contribution in [3.05, 3.63) is 76.9 Å². The van der Waals surface area contributed by atoms with Gasteiger partial charge in [0.1, 0.15) is 0 Å². The number of thioether (sulfide) groups is 1. The van der Waals surface area contributed by atoms with Crippen LogP contribution in [0.5, 0.6) is 0 Å². The molecule has 0 spiro atoms. The standard InChI is InChI=1S/C19H18N6OS/c1-13-7-6-10-16(14(13)2)25-19(21-23-24-25)27-12-18-20-17(22-26-18)11-15-8-4-3-5-9-15/h3-10H,11-12H2,1-2H3. The molecule has 0 N–H and O–H groups in total. The molecule has 0 atom stereocenters. The normalized spacial score (nSPS) is 11.0. The molecule has 2 aromatic carbocycles. The minimum absolute atomic E-state index is 0.507. The first-order chi connectivity index (χ1) is 13.2. The molecule has 0 radical (unpaired) electrons. The Bertz CT molecular complexity index is 1040. The Labute approximate surface area is 160 Å². The second-order valence-corrected chi connectivity index (χ2v) is 7.09. The van der Waals surface area contributed by atoms with Gasteiger partial charge in [-0.15, -0.1) is 5.10 Å². The number of nitrogens with zero attached hydrogens (tertiary/aromatic N) is 6. The third kappa shape index (κ3) is 3.90. The molecule has 4 aromatic rings. The van der Waals surface area contributed by atoms with E-state index in [1.165, 1.54) is 17.3 Å². The number of aryl methyl sites for hydroxylation is 1. The molecular formula is C19H18N6OS. The average molecular weight is 378 g/mol. The highest BCUT2D eigenvalue weighted by atomic mass is 32.2. The number of aromatic nitrogens is 6. The van der Waals surface area contributed by atoms with E-state index in [4.69, 9.17) is 4.52 Å². The first-order valence-corrected chi connectivity index (χ1v) is 9.52. The van der Waals surface area contributed by atoms with E-state index in [-0.39, 0.29) is 0 Å². The molecule has 136 valence electrons. The summed E-state index contributed by atoms with van der Waals surface area (Å²) in [5.41, 5.74) is 4.46. The Kier molecular flexibility index (Phi) is 4.97. The van der Waals surface area contributed by atoms with Gasteiger partial charge in [-0.25, -0.2) is 0 Å². The first kappa shape index (κ1) is 17.4. The molecule has 4 rings (SSSR count). The van der Waals surface area contributed by atoms with Crippen molar-refractivity contribution in [1.29, 1.82) is 0 Å². The lowest BCUT2D eigenvalue weighted by Gasteiger charge is -2.08. The largest absolute Gasteiger partial charge is 0.338 e. The van der Waals surface area contributed by atoms with E-state index in [1.54, 1.807) is 4.68 Å². The van der Waals surface area contributed by atoms with Crippen molar-refractivity contribution in [2.24, 2.45) is 0 Å². The molecule has 0 fully saturated rings. The molecule has 0 aliphatic carbocycles. The lowest BCUT2D eigenvalue weighted by molar-refractivity contribution is 0.385. The van der Waals surface area contributed by atoms with Crippen LogP contribution in [0.15, 0.2) is 58.2 Å². The Morgan fingerprint density at radius 2 is 1.89 bits per heavy atom. The van der Waals surface area contributed by atoms with E-state index in [2.05, 4.69) is 45.6 Å². The SMILES string of the molecule is Cc1cccc(-n2nnnc2SCc2nc(Cc3ccccc3)no2)c1C. The molecular weight excluding hydrogens is 360 g/mol. The van der Waals surface area contributed by atoms with Crippen LogP contribution < -0.4 is 0 Å². The summed E-state index contributed by atoms with van der Waals surface area (Å²) in [4.78, 5) is 4.46. The van der Waals surface area contributed by atoms with E-state index < -0.39 is 0 Å². The monoisotopic (exact) mass is 378 g/mol. The van der Waals surface area contributed by atoms with Crippen molar-refractivity contribution >= 4 is 11.8 Å². The topological polar surface area (TPSA) is 82.5 Å². The zero-order valence-electron chi connectivity index (χ0n) is 15.0. The summed E-state index contributed by atoms with van der Waals surface area (Å²) in [5, 5.41) is 16.8. The van der Waals surface area contributed by atoms with Gasteiger partial charge in [0, 0.05) is 6.42 Å². The van der Waals surface area contributed by atoms with Gasteiger partial charge in [-0.3, -0.25) is 0 Å². The van der Waals surface area contributed by atoms with Gasteiger partial charge in [0.15, 0.2) is 5.82 Å². The van der Waals surface area contributed by atoms with E-state index in [0.717, 1.165) is 16.8 Å². The van der Waals surface area contributed by atoms with E-state index in [1.807, 2.05) is 42.5 Å². The highest BCUT2D eigenvalue weighted by Crippen LogP contribution is 2.24. The smallest absolute Gasteiger partial charge is 0.237 e. The maximum absolute atomic E-state index is 5.36. The summed E-state index contributed by atoms with van der Waals surface area (Å²) < 4.78 is 7.11. The molecule has 0 aliphatic rings. The lowest BCUT2D eigenvalue weighted by Crippen LogP contribution is -2.02. The van der Waals surface area contributed by atoms with Gasteiger partial charge in [0.2, 0.25) is 11.0 Å². The number of benzene rings is 2. The minimum atomic E-state index is 0.507. The van der Waals surface area contributed by atoms with Crippen LogP contribution in [-0.4, -0.2) is 30.3 Å². The Morgan fingerprint density at radius 1 is 1.04 bits per heavy atom. The summed E-state index contributed by atoms with van der Waals surface area (Å²) in [6.45, 7) is 4.14. The quantitative estimate of drug-likeness (QED) is 0.475. The lowest BCUT2D eigenvalue weighted by atomic mass is 10.1. The molecule has 8 heteroatoms. The molecule has 0 saturated heterocycles. The van der Waals surface area contributed by atoms with Gasteiger partial charge >= 0.3 is 0 Å². The zero-order valence-corrected chi connectivity index (χ0v) is 15.8. The van der Waals surface area contributed by atoms with Crippen molar-refractivity contribution in [2.45, 2.75) is 31.2 Å². The molecule has 0 bridgehead atoms. The molecule has 0 amide bonds. The van der Waals surface area contributed by atoms with Crippen LogP contribution in [0, 0.1) is 13.8 Å². The van der Waals surface area contributed by atoms with Gasteiger partial charge in [-0.05, 0) is 47.0 Å². The van der Waals surface area contributed by atoms with Gasteiger partial charge in [-0.1, -0.05) is 59.4 Å². The van der Waals surface area contributed by atoms with Crippen molar-refractivity contribution in [2.75, 3.05) is 0 Å². The van der Waals surface area contributed by atoms with Gasteiger partial charge in [0.05, 0.1) is 11.4 Å². The van der Waals surface area contributed by atoms with E-state index in [9.17, 15) is 0 Å². The number of tetrazole rings is 1. The maximum atomic E-state index is 5.36. The van der Waals surface area contributed by atoms with Crippen LogP contribution in [0.4, 0.5) is 0 Å². The van der Waals surface area contributed by atoms with Crippen LogP contribution in [0.25, 0.3) is 5.69 Å². The third-order valence-electron chi connectivity index (χ3n) is 4.29. The van der Waals surface area contributed by atoms with Crippen LogP contribution in [-0.2, 0) is 12.2 Å². The van der Waals surface area contributed by atoms with Crippen molar-refractivity contribution in [3.8, 4) is 5.69 Å². The van der Waals surface area contributed by atoms with Gasteiger partial charge in [-0.2, -0.15) is 9.67 Å². The summed E-state index contributed by atoms with van der Waals surface area (Å²) in [6, 6.07) is 16.2. The molecule has 0 aliphatic heterocycles. The summed E-state index contributed by atoms with van der Waals surface area (Å²) in [6.07, 6.45) is 0.648. The fraction of sp³-hybridized carbons (Fsp3) is 0.211. The Hall–Kier alpha value is -3.00. The van der Waals surface area contributed by atoms with Gasteiger partial charge < -0.3 is 4.52 Å². The van der Waals surface area contributed by atoms with Crippen molar-refractivity contribution in [1.82, 2.24) is 30.3 Å². The molecule has 7 nitrogen and oxygen atoms in total. The highest BCUT2D eigenvalue weighted by molar-refractivity contribution is 7.98. The second kappa shape index (κ2) is 7.71. The fourth-order valence-corrected chi connectivity index (χ4v) is 3.43. The van der Waals surface area contributed by atoms with E-state index >= 15 is 0 Å². The number of hydrogen-bond acceptors (Lipinski definition) is 7. The van der Waals surface area contributed by atoms with Crippen LogP contribution >= 0.6 is 11.8 Å². The minimum Gasteiger partial charge on any atom is -0.338 e. The maximum Gasteiger partial charge on any atom is 0.237 e. The summed E-state index contributed by atoms with van der Waals surface area (Å²) >= 11 is 1.47. The van der Waals surface area contributed by atoms with Crippen LogP contribution in [0.3, 0.4) is 0 Å². The third-order valence-corrected chi connectivity index (χ3v) is 5.19. The van der Waals surface area contributed by atoms with Gasteiger partial charge in [0.25, 0.3) is 0 Å². The Balaban J connectivity index is 1.46. The van der Waals surface area contributed by atoms with Crippen LogP contribution in [0.2, 0.25) is 0 Å². The summed E-state index contributed by atoms with van der Waals surface area (Å²) in [5.74, 6) is 1.74. The van der Waals surface area contributed by atoms with E-state index in [0.29, 0.717) is 29.0 Å².